The van der Waals surface area contributed by atoms with E-state index in [1.807, 2.05) is 35.7 Å². The summed E-state index contributed by atoms with van der Waals surface area (Å²) in [6.45, 7) is 0.835. The van der Waals surface area contributed by atoms with Gasteiger partial charge in [0.05, 0.1) is 11.6 Å². The van der Waals surface area contributed by atoms with Gasteiger partial charge in [-0.1, -0.05) is 30.3 Å². The number of amides is 2. The number of hydrogen-bond donors (Lipinski definition) is 2. The molecule has 126 valence electrons. The minimum absolute atomic E-state index is 0.253. The quantitative estimate of drug-likeness (QED) is 0.892. The summed E-state index contributed by atoms with van der Waals surface area (Å²) in [6.07, 6.45) is 2.05. The van der Waals surface area contributed by atoms with Crippen LogP contribution in [0.2, 0.25) is 0 Å². The SMILES string of the molecule is O=C(O)C1CCCN(C(=O)Nc2nc(Cc3ccccc3)cs2)C1. The van der Waals surface area contributed by atoms with Gasteiger partial charge in [0.1, 0.15) is 0 Å². The van der Waals surface area contributed by atoms with E-state index in [9.17, 15) is 9.59 Å². The number of benzene rings is 1. The Hall–Kier alpha value is -2.41. The zero-order chi connectivity index (χ0) is 16.9. The number of nitrogens with one attached hydrogen (secondary N) is 1. The molecule has 1 saturated heterocycles. The Bertz CT molecular complexity index is 717. The van der Waals surface area contributed by atoms with Gasteiger partial charge < -0.3 is 10.0 Å². The van der Waals surface area contributed by atoms with Crippen molar-refractivity contribution in [1.29, 1.82) is 0 Å². The molecular weight excluding hydrogens is 326 g/mol. The van der Waals surface area contributed by atoms with Crippen molar-refractivity contribution in [2.45, 2.75) is 19.3 Å². The Kier molecular flexibility index (Phi) is 5.10. The van der Waals surface area contributed by atoms with Crippen LogP contribution in [0.3, 0.4) is 0 Å². The summed E-state index contributed by atoms with van der Waals surface area (Å²) >= 11 is 1.38. The van der Waals surface area contributed by atoms with Crippen molar-refractivity contribution >= 4 is 28.5 Å². The molecule has 0 saturated carbocycles. The lowest BCUT2D eigenvalue weighted by Gasteiger charge is -2.30. The zero-order valence-electron chi connectivity index (χ0n) is 13.1. The van der Waals surface area contributed by atoms with Crippen molar-refractivity contribution in [2.24, 2.45) is 5.92 Å². The summed E-state index contributed by atoms with van der Waals surface area (Å²) in [5, 5.41) is 14.4. The molecule has 2 heterocycles. The number of carboxylic acids is 1. The third-order valence-electron chi connectivity index (χ3n) is 4.05. The summed E-state index contributed by atoms with van der Waals surface area (Å²) in [4.78, 5) is 29.4. The van der Waals surface area contributed by atoms with Crippen LogP contribution < -0.4 is 5.32 Å². The van der Waals surface area contributed by atoms with Crippen molar-refractivity contribution in [3.8, 4) is 0 Å². The number of piperidine rings is 1. The summed E-state index contributed by atoms with van der Waals surface area (Å²) in [6, 6.07) is 9.74. The molecule has 6 nitrogen and oxygen atoms in total. The molecule has 2 N–H and O–H groups in total. The Balaban J connectivity index is 1.58. The minimum Gasteiger partial charge on any atom is -0.481 e. The van der Waals surface area contributed by atoms with Crippen LogP contribution >= 0.6 is 11.3 Å². The van der Waals surface area contributed by atoms with Crippen LogP contribution in [0.25, 0.3) is 0 Å². The number of hydrogen-bond acceptors (Lipinski definition) is 4. The molecule has 24 heavy (non-hydrogen) atoms. The van der Waals surface area contributed by atoms with Gasteiger partial charge in [0.25, 0.3) is 0 Å². The van der Waals surface area contributed by atoms with Gasteiger partial charge in [0.2, 0.25) is 0 Å². The Morgan fingerprint density at radius 1 is 1.33 bits per heavy atom. The number of thiazole rings is 1. The molecule has 1 aromatic carbocycles. The molecule has 1 atom stereocenters. The van der Waals surface area contributed by atoms with Crippen LogP contribution in [0.4, 0.5) is 9.93 Å². The van der Waals surface area contributed by atoms with E-state index in [0.717, 1.165) is 12.1 Å². The average Bonchev–Trinajstić information content (AvgIpc) is 3.02. The standard InChI is InChI=1S/C17H19N3O3S/c21-15(22)13-7-4-8-20(10-13)17(23)19-16-18-14(11-24-16)9-12-5-2-1-3-6-12/h1-3,5-6,11,13H,4,7-10H2,(H,21,22)(H,18,19,23). The summed E-state index contributed by atoms with van der Waals surface area (Å²) < 4.78 is 0. The third kappa shape index (κ3) is 4.11. The van der Waals surface area contributed by atoms with Crippen LogP contribution in [-0.2, 0) is 11.2 Å². The van der Waals surface area contributed by atoms with E-state index >= 15 is 0 Å². The lowest BCUT2D eigenvalue weighted by molar-refractivity contribution is -0.143. The largest absolute Gasteiger partial charge is 0.481 e. The molecule has 1 fully saturated rings. The first-order valence-electron chi connectivity index (χ1n) is 7.89. The molecule has 0 aliphatic carbocycles. The number of anilines is 1. The van der Waals surface area contributed by atoms with Gasteiger partial charge in [-0.05, 0) is 18.4 Å². The molecule has 0 spiro atoms. The second-order valence-corrected chi connectivity index (χ2v) is 6.72. The highest BCUT2D eigenvalue weighted by Gasteiger charge is 2.28. The molecular formula is C17H19N3O3S. The number of rotatable bonds is 4. The zero-order valence-corrected chi connectivity index (χ0v) is 14.0. The fourth-order valence-corrected chi connectivity index (χ4v) is 3.48. The van der Waals surface area contributed by atoms with E-state index < -0.39 is 11.9 Å². The average molecular weight is 345 g/mol. The highest BCUT2D eigenvalue weighted by molar-refractivity contribution is 7.13. The van der Waals surface area contributed by atoms with Crippen molar-refractivity contribution in [3.05, 3.63) is 47.0 Å². The predicted molar refractivity (Wildman–Crippen MR) is 92.3 cm³/mol. The van der Waals surface area contributed by atoms with Crippen molar-refractivity contribution < 1.29 is 14.7 Å². The normalized spacial score (nSPS) is 17.5. The molecule has 0 bridgehead atoms. The Morgan fingerprint density at radius 3 is 2.88 bits per heavy atom. The lowest BCUT2D eigenvalue weighted by Crippen LogP contribution is -2.44. The van der Waals surface area contributed by atoms with Gasteiger partial charge in [-0.3, -0.25) is 10.1 Å². The first-order valence-corrected chi connectivity index (χ1v) is 8.77. The van der Waals surface area contributed by atoms with Crippen LogP contribution in [0.15, 0.2) is 35.7 Å². The highest BCUT2D eigenvalue weighted by atomic mass is 32.1. The number of aromatic nitrogens is 1. The van der Waals surface area contributed by atoms with Crippen molar-refractivity contribution in [1.82, 2.24) is 9.88 Å². The molecule has 1 unspecified atom stereocenters. The summed E-state index contributed by atoms with van der Waals surface area (Å²) in [7, 11) is 0. The minimum atomic E-state index is -0.841. The number of aliphatic carboxylic acids is 1. The van der Waals surface area contributed by atoms with Gasteiger partial charge in [0.15, 0.2) is 5.13 Å². The molecule has 2 aromatic rings. The van der Waals surface area contributed by atoms with Gasteiger partial charge in [-0.15, -0.1) is 11.3 Å². The molecule has 1 aromatic heterocycles. The number of urea groups is 1. The van der Waals surface area contributed by atoms with Crippen LogP contribution in [0.1, 0.15) is 24.1 Å². The van der Waals surface area contributed by atoms with E-state index in [0.29, 0.717) is 24.5 Å². The van der Waals surface area contributed by atoms with Gasteiger partial charge in [0, 0.05) is 24.9 Å². The number of carbonyl (C=O) groups excluding carboxylic acids is 1. The highest BCUT2D eigenvalue weighted by Crippen LogP contribution is 2.21. The third-order valence-corrected chi connectivity index (χ3v) is 4.86. The lowest BCUT2D eigenvalue weighted by atomic mass is 9.99. The molecule has 0 radical (unpaired) electrons. The van der Waals surface area contributed by atoms with Crippen LogP contribution in [-0.4, -0.2) is 40.1 Å². The smallest absolute Gasteiger partial charge is 0.323 e. The van der Waals surface area contributed by atoms with Crippen molar-refractivity contribution in [3.63, 3.8) is 0 Å². The number of nitrogens with zero attached hydrogens (tertiary/aromatic N) is 2. The van der Waals surface area contributed by atoms with Gasteiger partial charge in [-0.25, -0.2) is 9.78 Å². The van der Waals surface area contributed by atoms with Crippen molar-refractivity contribution in [2.75, 3.05) is 18.4 Å². The van der Waals surface area contributed by atoms with E-state index in [1.54, 1.807) is 4.90 Å². The van der Waals surface area contributed by atoms with E-state index in [4.69, 9.17) is 5.11 Å². The molecule has 3 rings (SSSR count). The first-order chi connectivity index (χ1) is 11.6. The van der Waals surface area contributed by atoms with E-state index in [1.165, 1.54) is 16.9 Å². The molecule has 1 aliphatic rings. The summed E-state index contributed by atoms with van der Waals surface area (Å²) in [5.41, 5.74) is 2.07. The fourth-order valence-electron chi connectivity index (χ4n) is 2.78. The fraction of sp³-hybridized carbons (Fsp3) is 0.353. The first kappa shape index (κ1) is 16.4. The molecule has 2 amide bonds. The monoisotopic (exact) mass is 345 g/mol. The van der Waals surface area contributed by atoms with E-state index in [-0.39, 0.29) is 12.6 Å². The van der Waals surface area contributed by atoms with Gasteiger partial charge in [-0.2, -0.15) is 0 Å². The maximum Gasteiger partial charge on any atom is 0.323 e. The Morgan fingerprint density at radius 2 is 2.12 bits per heavy atom. The summed E-state index contributed by atoms with van der Waals surface area (Å²) in [5.74, 6) is -1.32. The molecule has 7 heteroatoms. The number of carbonyl (C=O) groups is 2. The van der Waals surface area contributed by atoms with Gasteiger partial charge >= 0.3 is 12.0 Å². The maximum absolute atomic E-state index is 12.3. The number of likely N-dealkylation sites (tertiary alicyclic amines) is 1. The Labute approximate surface area is 144 Å². The van der Waals surface area contributed by atoms with Crippen LogP contribution in [0.5, 0.6) is 0 Å². The predicted octanol–water partition coefficient (Wildman–Crippen LogP) is 3.06. The second kappa shape index (κ2) is 7.44. The van der Waals surface area contributed by atoms with E-state index in [2.05, 4.69) is 10.3 Å². The number of carboxylic acid groups (broad SMARTS) is 1. The maximum atomic E-state index is 12.3. The second-order valence-electron chi connectivity index (χ2n) is 5.86. The molecule has 1 aliphatic heterocycles. The van der Waals surface area contributed by atoms with Crippen LogP contribution in [0, 0.1) is 5.92 Å². The topological polar surface area (TPSA) is 82.5 Å².